The number of aryl methyl sites for hydroxylation is 1. The lowest BCUT2D eigenvalue weighted by Crippen LogP contribution is -2.38. The molecule has 0 bridgehead atoms. The lowest BCUT2D eigenvalue weighted by molar-refractivity contribution is 0.408. The van der Waals surface area contributed by atoms with Crippen molar-refractivity contribution >= 4 is 0 Å². The third-order valence-electron chi connectivity index (χ3n) is 3.58. The summed E-state index contributed by atoms with van der Waals surface area (Å²) in [6.45, 7) is 10.9. The second-order valence-electron chi connectivity index (χ2n) is 5.55. The van der Waals surface area contributed by atoms with Crippen LogP contribution in [0.5, 0.6) is 5.75 Å². The summed E-state index contributed by atoms with van der Waals surface area (Å²) in [5.41, 5.74) is 4.50. The number of methoxy groups -OCH3 is 1. The first-order valence-corrected chi connectivity index (χ1v) is 6.62. The minimum absolute atomic E-state index is 0.468. The molecule has 0 aliphatic rings. The zero-order valence-electron chi connectivity index (χ0n) is 12.8. The highest BCUT2D eigenvalue weighted by Gasteiger charge is 2.15. The summed E-state index contributed by atoms with van der Waals surface area (Å²) in [5.74, 6) is 0.978. The third-order valence-corrected chi connectivity index (χ3v) is 3.58. The third kappa shape index (κ3) is 3.71. The van der Waals surface area contributed by atoms with Gasteiger partial charge in [-0.25, -0.2) is 0 Å². The summed E-state index contributed by atoms with van der Waals surface area (Å²) in [4.78, 5) is 0. The first-order chi connectivity index (χ1) is 8.82. The molecule has 3 nitrogen and oxygen atoms in total. The molecule has 0 aliphatic carbocycles. The van der Waals surface area contributed by atoms with Crippen molar-refractivity contribution in [2.75, 3.05) is 13.7 Å². The van der Waals surface area contributed by atoms with E-state index in [1.807, 2.05) is 13.8 Å². The summed E-state index contributed by atoms with van der Waals surface area (Å²) in [7, 11) is 1.71. The van der Waals surface area contributed by atoms with Crippen molar-refractivity contribution in [3.8, 4) is 11.8 Å². The average Bonchev–Trinajstić information content (AvgIpc) is 2.36. The normalized spacial score (nSPS) is 11.2. The molecule has 0 aromatic heterocycles. The maximum Gasteiger partial charge on any atom is 0.124 e. The Hall–Kier alpha value is -1.53. The van der Waals surface area contributed by atoms with Gasteiger partial charge in [0.05, 0.1) is 13.2 Å². The van der Waals surface area contributed by atoms with Crippen LogP contribution in [0.15, 0.2) is 6.07 Å². The molecule has 0 saturated carbocycles. The molecule has 3 heteroatoms. The highest BCUT2D eigenvalue weighted by Crippen LogP contribution is 2.28. The molecular weight excluding hydrogens is 236 g/mol. The summed E-state index contributed by atoms with van der Waals surface area (Å²) in [5, 5.41) is 12.2. The Morgan fingerprint density at radius 3 is 2.42 bits per heavy atom. The van der Waals surface area contributed by atoms with Crippen LogP contribution in [-0.2, 0) is 6.42 Å². The Morgan fingerprint density at radius 1 is 1.26 bits per heavy atom. The molecule has 0 heterocycles. The van der Waals surface area contributed by atoms with Crippen molar-refractivity contribution < 1.29 is 4.74 Å². The van der Waals surface area contributed by atoms with E-state index in [0.717, 1.165) is 18.7 Å². The van der Waals surface area contributed by atoms with Crippen molar-refractivity contribution in [1.82, 2.24) is 5.32 Å². The zero-order chi connectivity index (χ0) is 14.6. The lowest BCUT2D eigenvalue weighted by Gasteiger charge is -2.19. The summed E-state index contributed by atoms with van der Waals surface area (Å²) in [6, 6.07) is 4.43. The van der Waals surface area contributed by atoms with Crippen LogP contribution in [0, 0.1) is 32.1 Å². The number of nitrogens with zero attached hydrogens (tertiary/aromatic N) is 1. The number of nitrogens with one attached hydrogen (secondary N) is 1. The van der Waals surface area contributed by atoms with E-state index < -0.39 is 5.54 Å². The van der Waals surface area contributed by atoms with Gasteiger partial charge < -0.3 is 4.74 Å². The largest absolute Gasteiger partial charge is 0.496 e. The van der Waals surface area contributed by atoms with Gasteiger partial charge >= 0.3 is 0 Å². The van der Waals surface area contributed by atoms with Gasteiger partial charge in [0.25, 0.3) is 0 Å². The van der Waals surface area contributed by atoms with Gasteiger partial charge in [-0.3, -0.25) is 5.32 Å². The molecule has 0 spiro atoms. The van der Waals surface area contributed by atoms with Gasteiger partial charge in [0, 0.05) is 6.54 Å². The topological polar surface area (TPSA) is 45.0 Å². The fraction of sp³-hybridized carbons (Fsp3) is 0.562. The molecule has 104 valence electrons. The van der Waals surface area contributed by atoms with E-state index in [1.165, 1.54) is 22.3 Å². The molecule has 19 heavy (non-hydrogen) atoms. The molecule has 1 rings (SSSR count). The van der Waals surface area contributed by atoms with Gasteiger partial charge in [0.1, 0.15) is 11.3 Å². The Morgan fingerprint density at radius 2 is 1.89 bits per heavy atom. The fourth-order valence-electron chi connectivity index (χ4n) is 2.26. The van der Waals surface area contributed by atoms with Gasteiger partial charge in [-0.05, 0) is 63.3 Å². The van der Waals surface area contributed by atoms with E-state index in [4.69, 9.17) is 10.00 Å². The maximum absolute atomic E-state index is 8.97. The predicted molar refractivity (Wildman–Crippen MR) is 78.6 cm³/mol. The molecule has 0 radical (unpaired) electrons. The standard InChI is InChI=1S/C16H24N2O/c1-11-9-14(7-8-18-16(4,5)10-17)12(2)13(3)15(11)19-6/h9,18H,7-8H2,1-6H3. The average molecular weight is 260 g/mol. The quantitative estimate of drug-likeness (QED) is 0.885. The number of benzene rings is 1. The van der Waals surface area contributed by atoms with E-state index >= 15 is 0 Å². The Bertz CT molecular complexity index is 498. The molecule has 0 fully saturated rings. The molecule has 0 unspecified atom stereocenters. The van der Waals surface area contributed by atoms with Gasteiger partial charge in [0.15, 0.2) is 0 Å². The number of hydrogen-bond acceptors (Lipinski definition) is 3. The van der Waals surface area contributed by atoms with Crippen LogP contribution < -0.4 is 10.1 Å². The minimum atomic E-state index is -0.468. The Balaban J connectivity index is 2.84. The molecule has 1 N–H and O–H groups in total. The van der Waals surface area contributed by atoms with Crippen LogP contribution in [0.4, 0.5) is 0 Å². The van der Waals surface area contributed by atoms with Crippen LogP contribution >= 0.6 is 0 Å². The predicted octanol–water partition coefficient (Wildman–Crippen LogP) is 3.05. The van der Waals surface area contributed by atoms with Crippen LogP contribution in [-0.4, -0.2) is 19.2 Å². The Labute approximate surface area is 116 Å². The summed E-state index contributed by atoms with van der Waals surface area (Å²) in [6.07, 6.45) is 0.919. The van der Waals surface area contributed by atoms with E-state index in [9.17, 15) is 0 Å². The first kappa shape index (κ1) is 15.5. The van der Waals surface area contributed by atoms with Crippen LogP contribution in [0.2, 0.25) is 0 Å². The lowest BCUT2D eigenvalue weighted by atomic mass is 9.96. The highest BCUT2D eigenvalue weighted by atomic mass is 16.5. The monoisotopic (exact) mass is 260 g/mol. The number of hydrogen-bond donors (Lipinski definition) is 1. The minimum Gasteiger partial charge on any atom is -0.496 e. The summed E-state index contributed by atoms with van der Waals surface area (Å²) >= 11 is 0. The Kier molecular flexibility index (Phi) is 4.97. The SMILES string of the molecule is COc1c(C)cc(CCNC(C)(C)C#N)c(C)c1C. The second kappa shape index (κ2) is 6.08. The second-order valence-corrected chi connectivity index (χ2v) is 5.55. The molecule has 1 aromatic rings. The van der Waals surface area contributed by atoms with Crippen molar-refractivity contribution in [1.29, 1.82) is 5.26 Å². The molecule has 0 atom stereocenters. The van der Waals surface area contributed by atoms with Crippen molar-refractivity contribution in [3.63, 3.8) is 0 Å². The van der Waals surface area contributed by atoms with E-state index in [0.29, 0.717) is 0 Å². The highest BCUT2D eigenvalue weighted by molar-refractivity contribution is 5.49. The van der Waals surface area contributed by atoms with Gasteiger partial charge in [-0.2, -0.15) is 5.26 Å². The fourth-order valence-corrected chi connectivity index (χ4v) is 2.26. The van der Waals surface area contributed by atoms with Gasteiger partial charge in [-0.15, -0.1) is 0 Å². The van der Waals surface area contributed by atoms with Crippen molar-refractivity contribution in [2.45, 2.75) is 46.6 Å². The molecule has 1 aromatic carbocycles. The summed E-state index contributed by atoms with van der Waals surface area (Å²) < 4.78 is 5.43. The van der Waals surface area contributed by atoms with Crippen LogP contribution in [0.25, 0.3) is 0 Å². The molecule has 0 aliphatic heterocycles. The smallest absolute Gasteiger partial charge is 0.124 e. The zero-order valence-corrected chi connectivity index (χ0v) is 12.8. The maximum atomic E-state index is 8.97. The van der Waals surface area contributed by atoms with Crippen molar-refractivity contribution in [2.24, 2.45) is 0 Å². The molecular formula is C16H24N2O. The molecule has 0 saturated heterocycles. The number of ether oxygens (including phenoxy) is 1. The van der Waals surface area contributed by atoms with Gasteiger partial charge in [0.2, 0.25) is 0 Å². The van der Waals surface area contributed by atoms with E-state index in [-0.39, 0.29) is 0 Å². The van der Waals surface area contributed by atoms with Crippen LogP contribution in [0.1, 0.15) is 36.1 Å². The number of rotatable bonds is 5. The molecule has 0 amide bonds. The first-order valence-electron chi connectivity index (χ1n) is 6.62. The van der Waals surface area contributed by atoms with E-state index in [2.05, 4.69) is 38.2 Å². The van der Waals surface area contributed by atoms with Crippen LogP contribution in [0.3, 0.4) is 0 Å². The number of nitriles is 1. The van der Waals surface area contributed by atoms with Crippen molar-refractivity contribution in [3.05, 3.63) is 28.3 Å². The van der Waals surface area contributed by atoms with E-state index in [1.54, 1.807) is 7.11 Å². The van der Waals surface area contributed by atoms with Gasteiger partial charge in [-0.1, -0.05) is 6.07 Å².